The van der Waals surface area contributed by atoms with Gasteiger partial charge in [-0.05, 0) is 67.7 Å². The minimum atomic E-state index is 0.0975. The van der Waals surface area contributed by atoms with Crippen LogP contribution >= 0.6 is 0 Å². The molecule has 1 aromatic carbocycles. The van der Waals surface area contributed by atoms with Crippen LogP contribution in [0.1, 0.15) is 74.6 Å². The summed E-state index contributed by atoms with van der Waals surface area (Å²) in [7, 11) is 0. The van der Waals surface area contributed by atoms with E-state index in [9.17, 15) is 9.59 Å². The molecule has 4 rings (SSSR count). The third-order valence-corrected chi connectivity index (χ3v) is 6.94. The lowest BCUT2D eigenvalue weighted by atomic mass is 9.75. The van der Waals surface area contributed by atoms with Gasteiger partial charge >= 0.3 is 0 Å². The van der Waals surface area contributed by atoms with Gasteiger partial charge in [0.1, 0.15) is 0 Å². The number of nitrogens with one attached hydrogen (secondary N) is 1. The second-order valence-electron chi connectivity index (χ2n) is 8.82. The largest absolute Gasteiger partial charge is 0.338 e. The van der Waals surface area contributed by atoms with Crippen LogP contribution < -0.4 is 5.32 Å². The van der Waals surface area contributed by atoms with Crippen LogP contribution in [0.25, 0.3) is 0 Å². The average molecular weight is 369 g/mol. The van der Waals surface area contributed by atoms with Crippen molar-refractivity contribution in [3.63, 3.8) is 0 Å². The second kappa shape index (κ2) is 8.45. The second-order valence-corrected chi connectivity index (χ2v) is 8.82. The first-order valence-electron chi connectivity index (χ1n) is 10.9. The highest BCUT2D eigenvalue weighted by Gasteiger charge is 2.33. The number of carbonyl (C=O) groups is 2. The Morgan fingerprint density at radius 2 is 1.56 bits per heavy atom. The Morgan fingerprint density at radius 1 is 0.889 bits per heavy atom. The molecular formula is C23H32N2O2. The first-order valence-corrected chi connectivity index (χ1v) is 10.9. The quantitative estimate of drug-likeness (QED) is 0.825. The number of benzene rings is 1. The van der Waals surface area contributed by atoms with Crippen LogP contribution in [-0.4, -0.2) is 29.8 Å². The summed E-state index contributed by atoms with van der Waals surface area (Å²) in [5.74, 6) is 2.32. The van der Waals surface area contributed by atoms with Crippen molar-refractivity contribution in [1.29, 1.82) is 0 Å². The van der Waals surface area contributed by atoms with Crippen molar-refractivity contribution in [1.82, 2.24) is 4.90 Å². The van der Waals surface area contributed by atoms with Gasteiger partial charge in [-0.3, -0.25) is 9.59 Å². The zero-order valence-corrected chi connectivity index (χ0v) is 16.3. The predicted octanol–water partition coefficient (Wildman–Crippen LogP) is 4.86. The molecule has 0 unspecified atom stereocenters. The third kappa shape index (κ3) is 4.53. The van der Waals surface area contributed by atoms with Gasteiger partial charge in [0, 0.05) is 30.8 Å². The Hall–Kier alpha value is -1.84. The fraction of sp³-hybridized carbons (Fsp3) is 0.652. The molecule has 1 aliphatic heterocycles. The Morgan fingerprint density at radius 3 is 2.30 bits per heavy atom. The summed E-state index contributed by atoms with van der Waals surface area (Å²) in [6.07, 6.45) is 12.0. The predicted molar refractivity (Wildman–Crippen MR) is 108 cm³/mol. The van der Waals surface area contributed by atoms with Gasteiger partial charge in [0.05, 0.1) is 0 Å². The van der Waals surface area contributed by atoms with Crippen LogP contribution in [0.5, 0.6) is 0 Å². The number of likely N-dealkylation sites (tertiary alicyclic amines) is 1. The summed E-state index contributed by atoms with van der Waals surface area (Å²) in [5, 5.41) is 2.99. The highest BCUT2D eigenvalue weighted by Crippen LogP contribution is 2.36. The number of hydrogen-bond acceptors (Lipinski definition) is 2. The molecule has 0 bridgehead atoms. The minimum absolute atomic E-state index is 0.0975. The van der Waals surface area contributed by atoms with E-state index in [2.05, 4.69) is 5.32 Å². The lowest BCUT2D eigenvalue weighted by Gasteiger charge is -2.41. The number of hydrogen-bond donors (Lipinski definition) is 1. The van der Waals surface area contributed by atoms with Gasteiger partial charge in [0.2, 0.25) is 5.91 Å². The normalized spacial score (nSPS) is 25.9. The van der Waals surface area contributed by atoms with Crippen LogP contribution in [0.3, 0.4) is 0 Å². The topological polar surface area (TPSA) is 49.4 Å². The third-order valence-electron chi connectivity index (χ3n) is 6.94. The number of anilines is 1. The van der Waals surface area contributed by atoms with Crippen molar-refractivity contribution in [3.05, 3.63) is 29.8 Å². The molecule has 4 heteroatoms. The molecule has 3 fully saturated rings. The molecule has 27 heavy (non-hydrogen) atoms. The molecule has 2 saturated carbocycles. The monoisotopic (exact) mass is 368 g/mol. The van der Waals surface area contributed by atoms with E-state index in [-0.39, 0.29) is 11.8 Å². The van der Waals surface area contributed by atoms with E-state index in [1.165, 1.54) is 51.4 Å². The molecule has 2 atom stereocenters. The van der Waals surface area contributed by atoms with Crippen molar-refractivity contribution >= 4 is 17.5 Å². The molecule has 0 spiro atoms. The number of fused-ring (bicyclic) bond motifs is 1. The highest BCUT2D eigenvalue weighted by molar-refractivity contribution is 5.96. The fourth-order valence-electron chi connectivity index (χ4n) is 5.35. The zero-order valence-electron chi connectivity index (χ0n) is 16.3. The lowest BCUT2D eigenvalue weighted by molar-refractivity contribution is -0.117. The van der Waals surface area contributed by atoms with Crippen molar-refractivity contribution < 1.29 is 9.59 Å². The standard InChI is InChI=1S/C23H32N2O2/c26-22(15-17-5-1-2-6-17)24-21-11-9-19(10-12-21)23(27)25-14-13-18-7-3-4-8-20(18)16-25/h9-12,17-18,20H,1-8,13-16H2,(H,24,26)/t18-,20+/m1/s1. The maximum Gasteiger partial charge on any atom is 0.253 e. The molecular weight excluding hydrogens is 336 g/mol. The average Bonchev–Trinajstić information content (AvgIpc) is 3.20. The number of piperidine rings is 1. The van der Waals surface area contributed by atoms with E-state index in [1.807, 2.05) is 29.2 Å². The van der Waals surface area contributed by atoms with Crippen molar-refractivity contribution in [2.45, 2.75) is 64.2 Å². The van der Waals surface area contributed by atoms with Crippen molar-refractivity contribution in [3.8, 4) is 0 Å². The Kier molecular flexibility index (Phi) is 5.80. The molecule has 146 valence electrons. The molecule has 3 aliphatic rings. The maximum atomic E-state index is 12.9. The van der Waals surface area contributed by atoms with Crippen LogP contribution in [0.15, 0.2) is 24.3 Å². The first-order chi connectivity index (χ1) is 13.2. The van der Waals surface area contributed by atoms with E-state index < -0.39 is 0 Å². The van der Waals surface area contributed by atoms with Gasteiger partial charge < -0.3 is 10.2 Å². The molecule has 1 saturated heterocycles. The van der Waals surface area contributed by atoms with Gasteiger partial charge in [-0.15, -0.1) is 0 Å². The van der Waals surface area contributed by atoms with Gasteiger partial charge in [0.25, 0.3) is 5.91 Å². The van der Waals surface area contributed by atoms with Crippen LogP contribution in [0.2, 0.25) is 0 Å². The van der Waals surface area contributed by atoms with E-state index in [0.29, 0.717) is 18.3 Å². The van der Waals surface area contributed by atoms with Crippen molar-refractivity contribution in [2.24, 2.45) is 17.8 Å². The molecule has 1 heterocycles. The van der Waals surface area contributed by atoms with E-state index in [4.69, 9.17) is 0 Å². The van der Waals surface area contributed by atoms with Gasteiger partial charge in [-0.2, -0.15) is 0 Å². The Labute approximate surface area is 162 Å². The van der Waals surface area contributed by atoms with E-state index >= 15 is 0 Å². The molecule has 1 N–H and O–H groups in total. The number of rotatable bonds is 4. The highest BCUT2D eigenvalue weighted by atomic mass is 16.2. The lowest BCUT2D eigenvalue weighted by Crippen LogP contribution is -2.44. The van der Waals surface area contributed by atoms with Crippen LogP contribution in [0, 0.1) is 17.8 Å². The summed E-state index contributed by atoms with van der Waals surface area (Å²) >= 11 is 0. The number of carbonyl (C=O) groups excluding carboxylic acids is 2. The van der Waals surface area contributed by atoms with Crippen molar-refractivity contribution in [2.75, 3.05) is 18.4 Å². The zero-order chi connectivity index (χ0) is 18.6. The van der Waals surface area contributed by atoms with Gasteiger partial charge in [-0.25, -0.2) is 0 Å². The van der Waals surface area contributed by atoms with Crippen LogP contribution in [-0.2, 0) is 4.79 Å². The number of amides is 2. The van der Waals surface area contributed by atoms with Gasteiger partial charge in [-0.1, -0.05) is 32.1 Å². The molecule has 2 amide bonds. The fourth-order valence-corrected chi connectivity index (χ4v) is 5.35. The molecule has 4 nitrogen and oxygen atoms in total. The smallest absolute Gasteiger partial charge is 0.253 e. The number of nitrogens with zero attached hydrogens (tertiary/aromatic N) is 1. The van der Waals surface area contributed by atoms with Crippen LogP contribution in [0.4, 0.5) is 5.69 Å². The van der Waals surface area contributed by atoms with Gasteiger partial charge in [0.15, 0.2) is 0 Å². The SMILES string of the molecule is O=C(CC1CCCC1)Nc1ccc(C(=O)N2CC[C@H]3CCCC[C@H]3C2)cc1. The summed E-state index contributed by atoms with van der Waals surface area (Å²) < 4.78 is 0. The minimum Gasteiger partial charge on any atom is -0.338 e. The summed E-state index contributed by atoms with van der Waals surface area (Å²) in [6.45, 7) is 1.81. The summed E-state index contributed by atoms with van der Waals surface area (Å²) in [4.78, 5) is 27.1. The molecule has 1 aromatic rings. The van der Waals surface area contributed by atoms with E-state index in [1.54, 1.807) is 0 Å². The summed E-state index contributed by atoms with van der Waals surface area (Å²) in [5.41, 5.74) is 1.53. The first kappa shape index (κ1) is 18.5. The Balaban J connectivity index is 1.31. The Bertz CT molecular complexity index is 663. The molecule has 0 radical (unpaired) electrons. The van der Waals surface area contributed by atoms with E-state index in [0.717, 1.165) is 36.7 Å². The summed E-state index contributed by atoms with van der Waals surface area (Å²) in [6, 6.07) is 7.46. The maximum absolute atomic E-state index is 12.9. The molecule has 2 aliphatic carbocycles. The molecule has 0 aromatic heterocycles.